The third-order valence-electron chi connectivity index (χ3n) is 4.76. The second kappa shape index (κ2) is 6.90. The predicted molar refractivity (Wildman–Crippen MR) is 80.9 cm³/mol. The van der Waals surface area contributed by atoms with Gasteiger partial charge in [-0.3, -0.25) is 9.69 Å². The van der Waals surface area contributed by atoms with Crippen LogP contribution in [0.2, 0.25) is 0 Å². The zero-order valence-electron chi connectivity index (χ0n) is 13.5. The van der Waals surface area contributed by atoms with Gasteiger partial charge in [0.1, 0.15) is 0 Å². The summed E-state index contributed by atoms with van der Waals surface area (Å²) >= 11 is 0. The lowest BCUT2D eigenvalue weighted by atomic mass is 10.0. The van der Waals surface area contributed by atoms with Crippen LogP contribution in [0.3, 0.4) is 0 Å². The van der Waals surface area contributed by atoms with Gasteiger partial charge in [0.15, 0.2) is 11.6 Å². The molecule has 0 radical (unpaired) electrons. The van der Waals surface area contributed by atoms with Gasteiger partial charge in [0.25, 0.3) is 0 Å². The molecule has 1 heterocycles. The smallest absolute Gasteiger partial charge is 0.352 e. The Morgan fingerprint density at radius 3 is 2.76 bits per heavy atom. The van der Waals surface area contributed by atoms with E-state index in [0.29, 0.717) is 25.8 Å². The van der Waals surface area contributed by atoms with Crippen LogP contribution >= 0.6 is 0 Å². The normalized spacial score (nSPS) is 27.2. The van der Waals surface area contributed by atoms with Crippen LogP contribution in [0.1, 0.15) is 30.7 Å². The molecule has 0 spiro atoms. The van der Waals surface area contributed by atoms with E-state index in [9.17, 15) is 26.7 Å². The summed E-state index contributed by atoms with van der Waals surface area (Å²) in [6.07, 6.45) is -2.65. The third-order valence-corrected chi connectivity index (χ3v) is 4.76. The number of carbonyl (C=O) groups excluding carboxylic acids is 1. The van der Waals surface area contributed by atoms with Gasteiger partial charge in [0.2, 0.25) is 5.91 Å². The van der Waals surface area contributed by atoms with Gasteiger partial charge in [0, 0.05) is 18.5 Å². The number of hydrogen-bond acceptors (Lipinski definition) is 2. The van der Waals surface area contributed by atoms with Crippen LogP contribution in [0.25, 0.3) is 0 Å². The van der Waals surface area contributed by atoms with Crippen LogP contribution in [0.15, 0.2) is 18.2 Å². The van der Waals surface area contributed by atoms with Crippen molar-refractivity contribution >= 4 is 5.91 Å². The van der Waals surface area contributed by atoms with Gasteiger partial charge in [-0.2, -0.15) is 13.2 Å². The summed E-state index contributed by atoms with van der Waals surface area (Å²) in [4.78, 5) is 13.6. The fourth-order valence-corrected chi connectivity index (χ4v) is 3.51. The fourth-order valence-electron chi connectivity index (χ4n) is 3.51. The summed E-state index contributed by atoms with van der Waals surface area (Å²) in [6, 6.07) is 3.54. The minimum Gasteiger partial charge on any atom is -0.352 e. The van der Waals surface area contributed by atoms with Gasteiger partial charge >= 0.3 is 6.18 Å². The van der Waals surface area contributed by atoms with E-state index >= 15 is 0 Å². The Morgan fingerprint density at radius 2 is 2.04 bits per heavy atom. The monoisotopic (exact) mass is 362 g/mol. The van der Waals surface area contributed by atoms with Gasteiger partial charge in [-0.05, 0) is 43.4 Å². The number of halogens is 5. The van der Waals surface area contributed by atoms with Crippen LogP contribution in [-0.4, -0.2) is 42.7 Å². The molecule has 3 atom stereocenters. The molecule has 1 N–H and O–H groups in total. The minimum atomic E-state index is -4.26. The highest BCUT2D eigenvalue weighted by molar-refractivity contribution is 5.83. The number of likely N-dealkylation sites (tertiary alicyclic amines) is 1. The molecule has 1 amide bonds. The van der Waals surface area contributed by atoms with E-state index < -0.39 is 30.3 Å². The fraction of sp³-hybridized carbons (Fsp3) is 0.588. The summed E-state index contributed by atoms with van der Waals surface area (Å²) in [5.74, 6) is -3.00. The van der Waals surface area contributed by atoms with Crippen molar-refractivity contribution in [3.63, 3.8) is 0 Å². The largest absolute Gasteiger partial charge is 0.401 e. The molecule has 0 bridgehead atoms. The topological polar surface area (TPSA) is 32.3 Å². The molecule has 25 heavy (non-hydrogen) atoms. The van der Waals surface area contributed by atoms with Crippen molar-refractivity contribution in [3.8, 4) is 0 Å². The van der Waals surface area contributed by atoms with Crippen molar-refractivity contribution in [1.29, 1.82) is 0 Å². The molecule has 3 rings (SSSR count). The number of nitrogens with one attached hydrogen (secondary N) is 1. The number of piperidine rings is 1. The molecule has 1 saturated carbocycles. The van der Waals surface area contributed by atoms with Gasteiger partial charge in [-0.1, -0.05) is 12.1 Å². The lowest BCUT2D eigenvalue weighted by molar-refractivity contribution is -0.148. The molecule has 1 aromatic rings. The van der Waals surface area contributed by atoms with E-state index in [4.69, 9.17) is 0 Å². The van der Waals surface area contributed by atoms with E-state index in [-0.39, 0.29) is 30.0 Å². The van der Waals surface area contributed by atoms with Crippen LogP contribution < -0.4 is 5.32 Å². The summed E-state index contributed by atoms with van der Waals surface area (Å²) in [6.45, 7) is -0.483. The molecule has 2 fully saturated rings. The maximum Gasteiger partial charge on any atom is 0.401 e. The summed E-state index contributed by atoms with van der Waals surface area (Å²) < 4.78 is 64.5. The molecule has 3 unspecified atom stereocenters. The first-order valence-electron chi connectivity index (χ1n) is 8.28. The van der Waals surface area contributed by atoms with Crippen molar-refractivity contribution in [3.05, 3.63) is 35.4 Å². The average molecular weight is 362 g/mol. The second-order valence-electron chi connectivity index (χ2n) is 6.79. The lowest BCUT2D eigenvalue weighted by Gasteiger charge is -2.33. The van der Waals surface area contributed by atoms with Crippen LogP contribution in [0.4, 0.5) is 22.0 Å². The molecule has 1 aliphatic carbocycles. The quantitative estimate of drug-likeness (QED) is 0.835. The Kier molecular flexibility index (Phi) is 4.99. The molecule has 1 aliphatic heterocycles. The summed E-state index contributed by atoms with van der Waals surface area (Å²) in [5.41, 5.74) is 0.183. The highest BCUT2D eigenvalue weighted by atomic mass is 19.4. The first kappa shape index (κ1) is 18.1. The molecule has 1 aromatic carbocycles. The third kappa shape index (κ3) is 4.48. The Bertz CT molecular complexity index is 648. The van der Waals surface area contributed by atoms with Gasteiger partial charge in [-0.25, -0.2) is 8.78 Å². The molecule has 138 valence electrons. The Morgan fingerprint density at radius 1 is 1.28 bits per heavy atom. The predicted octanol–water partition coefficient (Wildman–Crippen LogP) is 3.21. The molecular formula is C17H19F5N2O. The van der Waals surface area contributed by atoms with Crippen LogP contribution in [-0.2, 0) is 4.79 Å². The highest BCUT2D eigenvalue weighted by Gasteiger charge is 2.46. The van der Waals surface area contributed by atoms with Gasteiger partial charge in [0.05, 0.1) is 6.54 Å². The second-order valence-corrected chi connectivity index (χ2v) is 6.79. The first-order valence-corrected chi connectivity index (χ1v) is 8.28. The number of alkyl halides is 3. The maximum absolute atomic E-state index is 13.8. The number of carbonyl (C=O) groups is 1. The number of amides is 1. The SMILES string of the molecule is O=C(NC1CCCN(CC(F)(F)F)C1)C1CC1c1cccc(F)c1F. The van der Waals surface area contributed by atoms with E-state index in [1.54, 1.807) is 0 Å². The van der Waals surface area contributed by atoms with Gasteiger partial charge < -0.3 is 5.32 Å². The van der Waals surface area contributed by atoms with E-state index in [1.165, 1.54) is 17.0 Å². The molecule has 2 aliphatic rings. The van der Waals surface area contributed by atoms with E-state index in [0.717, 1.165) is 6.07 Å². The summed E-state index contributed by atoms with van der Waals surface area (Å²) in [5, 5.41) is 2.77. The summed E-state index contributed by atoms with van der Waals surface area (Å²) in [7, 11) is 0. The van der Waals surface area contributed by atoms with Crippen molar-refractivity contribution in [2.75, 3.05) is 19.6 Å². The van der Waals surface area contributed by atoms with Crippen molar-refractivity contribution < 1.29 is 26.7 Å². The molecule has 0 aromatic heterocycles. The van der Waals surface area contributed by atoms with Crippen molar-refractivity contribution in [2.24, 2.45) is 5.92 Å². The van der Waals surface area contributed by atoms with Crippen LogP contribution in [0.5, 0.6) is 0 Å². The average Bonchev–Trinajstić information content (AvgIpc) is 3.29. The zero-order valence-corrected chi connectivity index (χ0v) is 13.5. The molecule has 8 heteroatoms. The van der Waals surface area contributed by atoms with Crippen LogP contribution in [0, 0.1) is 17.6 Å². The number of rotatable bonds is 4. The van der Waals surface area contributed by atoms with Gasteiger partial charge in [-0.15, -0.1) is 0 Å². The zero-order chi connectivity index (χ0) is 18.2. The Labute approximate surface area is 142 Å². The lowest BCUT2D eigenvalue weighted by Crippen LogP contribution is -2.50. The van der Waals surface area contributed by atoms with Crippen molar-refractivity contribution in [2.45, 2.75) is 37.4 Å². The maximum atomic E-state index is 13.8. The molecular weight excluding hydrogens is 343 g/mol. The standard InChI is InChI=1S/C17H19F5N2O/c18-14-5-1-4-11(15(14)19)12-7-13(12)16(25)23-10-3-2-6-24(8-10)9-17(20,21)22/h1,4-5,10,12-13H,2-3,6-9H2,(H,23,25). The molecule has 3 nitrogen and oxygen atoms in total. The van der Waals surface area contributed by atoms with E-state index in [2.05, 4.69) is 5.32 Å². The highest BCUT2D eigenvalue weighted by Crippen LogP contribution is 2.48. The van der Waals surface area contributed by atoms with Crippen molar-refractivity contribution in [1.82, 2.24) is 10.2 Å². The number of nitrogens with zero attached hydrogens (tertiary/aromatic N) is 1. The first-order chi connectivity index (χ1) is 11.7. The minimum absolute atomic E-state index is 0.150. The Hall–Kier alpha value is -1.70. The number of hydrogen-bond donors (Lipinski definition) is 1. The van der Waals surface area contributed by atoms with E-state index in [1.807, 2.05) is 0 Å². The number of benzene rings is 1. The Balaban J connectivity index is 1.54. The molecule has 1 saturated heterocycles.